The molecule has 2 heterocycles. The number of rotatable bonds is 5. The Balaban J connectivity index is 1.62. The van der Waals surface area contributed by atoms with Gasteiger partial charge < -0.3 is 10.2 Å². The van der Waals surface area contributed by atoms with Gasteiger partial charge in [0.05, 0.1) is 10.6 Å². The standard InChI is InChI=1S/C17H16FN5O2/c18-14-6-5-13(23(24)25)8-15(14)20-17-19-9-12-2-1-7-22(16(12)21-17)10-11-3-4-11/h1-2,5-6,8-9,11H,3-4,7,10H2,(H,19,20,21). The maximum Gasteiger partial charge on any atom is 0.271 e. The Bertz CT molecular complexity index is 866. The van der Waals surface area contributed by atoms with Gasteiger partial charge in [0.15, 0.2) is 0 Å². The lowest BCUT2D eigenvalue weighted by Gasteiger charge is -2.27. The van der Waals surface area contributed by atoms with Crippen LogP contribution in [0.3, 0.4) is 0 Å². The molecule has 25 heavy (non-hydrogen) atoms. The number of aromatic nitrogens is 2. The summed E-state index contributed by atoms with van der Waals surface area (Å²) in [6.45, 7) is 1.73. The number of nitrogens with zero attached hydrogens (tertiary/aromatic N) is 4. The second-order valence-electron chi connectivity index (χ2n) is 6.27. The van der Waals surface area contributed by atoms with E-state index in [1.54, 1.807) is 6.20 Å². The lowest BCUT2D eigenvalue weighted by atomic mass is 10.2. The van der Waals surface area contributed by atoms with Crippen LogP contribution in [0.25, 0.3) is 6.08 Å². The fraction of sp³-hybridized carbons (Fsp3) is 0.294. The lowest BCUT2D eigenvalue weighted by Crippen LogP contribution is -2.29. The second-order valence-corrected chi connectivity index (χ2v) is 6.27. The van der Waals surface area contributed by atoms with Crippen LogP contribution in [-0.4, -0.2) is 28.0 Å². The first-order valence-corrected chi connectivity index (χ1v) is 8.09. The highest BCUT2D eigenvalue weighted by atomic mass is 19.1. The fourth-order valence-electron chi connectivity index (χ4n) is 2.82. The minimum atomic E-state index is -0.596. The molecule has 1 saturated carbocycles. The monoisotopic (exact) mass is 341 g/mol. The average Bonchev–Trinajstić information content (AvgIpc) is 3.41. The molecular weight excluding hydrogens is 325 g/mol. The molecule has 0 amide bonds. The van der Waals surface area contributed by atoms with Crippen LogP contribution in [0.4, 0.5) is 27.5 Å². The molecule has 1 N–H and O–H groups in total. The van der Waals surface area contributed by atoms with Gasteiger partial charge in [0, 0.05) is 37.0 Å². The molecule has 1 aromatic carbocycles. The first-order chi connectivity index (χ1) is 12.1. The first-order valence-electron chi connectivity index (χ1n) is 8.09. The van der Waals surface area contributed by atoms with E-state index in [0.29, 0.717) is 5.92 Å². The summed E-state index contributed by atoms with van der Waals surface area (Å²) in [6.07, 6.45) is 8.20. The highest BCUT2D eigenvalue weighted by molar-refractivity contribution is 5.69. The van der Waals surface area contributed by atoms with Gasteiger partial charge in [-0.25, -0.2) is 9.37 Å². The maximum absolute atomic E-state index is 14.0. The molecule has 1 aliphatic heterocycles. The third-order valence-corrected chi connectivity index (χ3v) is 4.30. The largest absolute Gasteiger partial charge is 0.352 e. The van der Waals surface area contributed by atoms with Crippen LogP contribution in [-0.2, 0) is 0 Å². The van der Waals surface area contributed by atoms with E-state index in [1.807, 2.05) is 6.08 Å². The lowest BCUT2D eigenvalue weighted by molar-refractivity contribution is -0.384. The molecule has 1 aliphatic carbocycles. The summed E-state index contributed by atoms with van der Waals surface area (Å²) < 4.78 is 14.0. The molecule has 7 nitrogen and oxygen atoms in total. The molecule has 0 saturated heterocycles. The molecule has 4 rings (SSSR count). The summed E-state index contributed by atoms with van der Waals surface area (Å²) in [6, 6.07) is 3.32. The summed E-state index contributed by atoms with van der Waals surface area (Å²) >= 11 is 0. The Morgan fingerprint density at radius 2 is 2.24 bits per heavy atom. The molecule has 2 aliphatic rings. The number of benzene rings is 1. The number of non-ortho nitro benzene ring substituents is 1. The van der Waals surface area contributed by atoms with Crippen LogP contribution in [0.1, 0.15) is 18.4 Å². The van der Waals surface area contributed by atoms with Crippen molar-refractivity contribution in [2.75, 3.05) is 23.3 Å². The van der Waals surface area contributed by atoms with Gasteiger partial charge in [-0.3, -0.25) is 10.1 Å². The number of fused-ring (bicyclic) bond motifs is 1. The molecule has 0 bridgehead atoms. The number of anilines is 3. The molecule has 2 aromatic rings. The zero-order valence-corrected chi connectivity index (χ0v) is 13.4. The molecular formula is C17H16FN5O2. The van der Waals surface area contributed by atoms with E-state index in [2.05, 4.69) is 26.3 Å². The van der Waals surface area contributed by atoms with Crippen LogP contribution in [0, 0.1) is 21.8 Å². The number of nitrogens with one attached hydrogen (secondary N) is 1. The predicted molar refractivity (Wildman–Crippen MR) is 92.3 cm³/mol. The number of halogens is 1. The van der Waals surface area contributed by atoms with Crippen molar-refractivity contribution in [1.82, 2.24) is 9.97 Å². The fourth-order valence-corrected chi connectivity index (χ4v) is 2.82. The molecule has 0 radical (unpaired) electrons. The number of hydrogen-bond acceptors (Lipinski definition) is 6. The molecule has 0 unspecified atom stereocenters. The molecule has 8 heteroatoms. The highest BCUT2D eigenvalue weighted by Crippen LogP contribution is 2.33. The number of nitro benzene ring substituents is 1. The Kier molecular flexibility index (Phi) is 3.79. The zero-order chi connectivity index (χ0) is 17.4. The smallest absolute Gasteiger partial charge is 0.271 e. The van der Waals surface area contributed by atoms with Gasteiger partial charge in [0.25, 0.3) is 5.69 Å². The molecule has 0 spiro atoms. The van der Waals surface area contributed by atoms with Gasteiger partial charge in [-0.15, -0.1) is 0 Å². The van der Waals surface area contributed by atoms with E-state index in [0.717, 1.165) is 42.7 Å². The molecule has 1 fully saturated rings. The van der Waals surface area contributed by atoms with E-state index in [4.69, 9.17) is 0 Å². The van der Waals surface area contributed by atoms with Gasteiger partial charge in [-0.1, -0.05) is 12.2 Å². The predicted octanol–water partition coefficient (Wildman–Crippen LogP) is 3.51. The number of hydrogen-bond donors (Lipinski definition) is 1. The summed E-state index contributed by atoms with van der Waals surface area (Å²) in [7, 11) is 0. The summed E-state index contributed by atoms with van der Waals surface area (Å²) in [5.74, 6) is 1.13. The third-order valence-electron chi connectivity index (χ3n) is 4.30. The minimum absolute atomic E-state index is 0.0192. The van der Waals surface area contributed by atoms with Crippen molar-refractivity contribution in [3.8, 4) is 0 Å². The van der Waals surface area contributed by atoms with Crippen LogP contribution < -0.4 is 10.2 Å². The Morgan fingerprint density at radius 1 is 1.40 bits per heavy atom. The van der Waals surface area contributed by atoms with Crippen LogP contribution >= 0.6 is 0 Å². The van der Waals surface area contributed by atoms with Crippen molar-refractivity contribution >= 4 is 29.2 Å². The van der Waals surface area contributed by atoms with Crippen molar-refractivity contribution in [3.63, 3.8) is 0 Å². The Labute approximate surface area is 143 Å². The van der Waals surface area contributed by atoms with Crippen molar-refractivity contribution in [2.24, 2.45) is 5.92 Å². The van der Waals surface area contributed by atoms with Crippen molar-refractivity contribution < 1.29 is 9.31 Å². The van der Waals surface area contributed by atoms with Crippen LogP contribution in [0.5, 0.6) is 0 Å². The normalized spacial score (nSPS) is 15.8. The van der Waals surface area contributed by atoms with Gasteiger partial charge in [0.1, 0.15) is 11.6 Å². The topological polar surface area (TPSA) is 84.2 Å². The first kappa shape index (κ1) is 15.5. The van der Waals surface area contributed by atoms with E-state index >= 15 is 0 Å². The maximum atomic E-state index is 14.0. The quantitative estimate of drug-likeness (QED) is 0.662. The highest BCUT2D eigenvalue weighted by Gasteiger charge is 2.26. The van der Waals surface area contributed by atoms with Gasteiger partial charge in [-0.2, -0.15) is 4.98 Å². The van der Waals surface area contributed by atoms with Crippen molar-refractivity contribution in [2.45, 2.75) is 12.8 Å². The van der Waals surface area contributed by atoms with E-state index < -0.39 is 10.7 Å². The summed E-state index contributed by atoms with van der Waals surface area (Å²) in [4.78, 5) is 21.2. The molecule has 1 aromatic heterocycles. The van der Waals surface area contributed by atoms with Crippen molar-refractivity contribution in [1.29, 1.82) is 0 Å². The van der Waals surface area contributed by atoms with Gasteiger partial charge >= 0.3 is 0 Å². The van der Waals surface area contributed by atoms with Gasteiger partial charge in [-0.05, 0) is 24.8 Å². The molecule has 128 valence electrons. The Hall–Kier alpha value is -3.03. The van der Waals surface area contributed by atoms with Crippen LogP contribution in [0.15, 0.2) is 30.5 Å². The van der Waals surface area contributed by atoms with Gasteiger partial charge in [0.2, 0.25) is 5.95 Å². The zero-order valence-electron chi connectivity index (χ0n) is 13.4. The SMILES string of the molecule is O=[N+]([O-])c1ccc(F)c(Nc2ncc3c(n2)N(CC2CC2)CC=C3)c1. The summed E-state index contributed by atoms with van der Waals surface area (Å²) in [5.41, 5.74) is 0.700. The van der Waals surface area contributed by atoms with E-state index in [1.165, 1.54) is 12.8 Å². The molecule has 0 atom stereocenters. The second kappa shape index (κ2) is 6.12. The summed E-state index contributed by atoms with van der Waals surface area (Å²) in [5, 5.41) is 13.6. The van der Waals surface area contributed by atoms with E-state index in [9.17, 15) is 14.5 Å². The third kappa shape index (κ3) is 3.28. The number of nitro groups is 1. The minimum Gasteiger partial charge on any atom is -0.352 e. The van der Waals surface area contributed by atoms with Crippen molar-refractivity contribution in [3.05, 3.63) is 52.0 Å². The average molecular weight is 341 g/mol. The van der Waals surface area contributed by atoms with Crippen LogP contribution in [0.2, 0.25) is 0 Å². The van der Waals surface area contributed by atoms with E-state index in [-0.39, 0.29) is 17.3 Å². The Morgan fingerprint density at radius 3 is 3.00 bits per heavy atom.